The van der Waals surface area contributed by atoms with Crippen LogP contribution in [0.15, 0.2) is 24.4 Å². The molecule has 104 valence electrons. The van der Waals surface area contributed by atoms with Crippen molar-refractivity contribution in [3.05, 3.63) is 59.2 Å². The molecule has 20 heavy (non-hydrogen) atoms. The van der Waals surface area contributed by atoms with Crippen LogP contribution in [0.1, 0.15) is 10.4 Å². The van der Waals surface area contributed by atoms with Crippen molar-refractivity contribution in [3.63, 3.8) is 0 Å². The van der Waals surface area contributed by atoms with E-state index in [4.69, 9.17) is 0 Å². The molecular weight excluding hydrogens is 283 g/mol. The van der Waals surface area contributed by atoms with Gasteiger partial charge in [0.05, 0.1) is 5.56 Å². The minimum atomic E-state index is -1.79. The van der Waals surface area contributed by atoms with Gasteiger partial charge in [0.25, 0.3) is 5.91 Å². The molecule has 2 rings (SSSR count). The van der Waals surface area contributed by atoms with Gasteiger partial charge in [-0.1, -0.05) is 0 Å². The van der Waals surface area contributed by atoms with Crippen LogP contribution >= 0.6 is 0 Å². The highest BCUT2D eigenvalue weighted by Gasteiger charge is 2.22. The lowest BCUT2D eigenvalue weighted by Gasteiger charge is -2.09. The monoisotopic (exact) mass is 288 g/mol. The third kappa shape index (κ3) is 2.44. The molecule has 0 unspecified atom stereocenters. The zero-order valence-electron chi connectivity index (χ0n) is 9.55. The van der Waals surface area contributed by atoms with Crippen molar-refractivity contribution in [2.24, 2.45) is 0 Å². The molecule has 0 aliphatic rings. The molecule has 1 heterocycles. The highest BCUT2D eigenvalue weighted by Crippen LogP contribution is 2.24. The number of aromatic nitrogens is 1. The van der Waals surface area contributed by atoms with Gasteiger partial charge in [0.15, 0.2) is 23.3 Å². The van der Waals surface area contributed by atoms with Crippen molar-refractivity contribution in [3.8, 4) is 0 Å². The van der Waals surface area contributed by atoms with Gasteiger partial charge in [-0.3, -0.25) is 4.79 Å². The minimum absolute atomic E-state index is 0.00895. The zero-order chi connectivity index (χ0) is 14.9. The molecule has 0 saturated heterocycles. The summed E-state index contributed by atoms with van der Waals surface area (Å²) in [7, 11) is 0. The number of pyridine rings is 1. The van der Waals surface area contributed by atoms with Gasteiger partial charge >= 0.3 is 0 Å². The number of nitrogens with one attached hydrogen (secondary N) is 1. The van der Waals surface area contributed by atoms with Gasteiger partial charge in [0.2, 0.25) is 5.95 Å². The number of rotatable bonds is 2. The number of carbonyl (C=O) groups excluding carboxylic acids is 1. The molecule has 8 heteroatoms. The van der Waals surface area contributed by atoms with E-state index in [1.54, 1.807) is 5.32 Å². The Morgan fingerprint density at radius 1 is 1.05 bits per heavy atom. The summed E-state index contributed by atoms with van der Waals surface area (Å²) in [5.41, 5.74) is -1.97. The molecule has 2 aromatic rings. The Balaban J connectivity index is 2.41. The van der Waals surface area contributed by atoms with Crippen molar-refractivity contribution in [2.75, 3.05) is 5.32 Å². The minimum Gasteiger partial charge on any atom is -0.317 e. The number of halogens is 5. The topological polar surface area (TPSA) is 42.0 Å². The third-order valence-corrected chi connectivity index (χ3v) is 2.35. The average molecular weight is 288 g/mol. The molecule has 0 bridgehead atoms. The number of nitrogens with zero attached hydrogens (tertiary/aromatic N) is 1. The van der Waals surface area contributed by atoms with Crippen LogP contribution in [0.4, 0.5) is 27.6 Å². The Hall–Kier alpha value is -2.51. The fraction of sp³-hybridized carbons (Fsp3) is 0. The molecule has 1 N–H and O–H groups in total. The van der Waals surface area contributed by atoms with Crippen molar-refractivity contribution in [2.45, 2.75) is 0 Å². The SMILES string of the molecule is O=C(Nc1c(F)c(F)cc(F)c1F)c1cccnc1F. The standard InChI is InChI=1S/C12H5F5N2O/c13-6-4-7(14)9(16)10(8(6)15)19-12(20)5-2-1-3-18-11(5)17/h1-4H,(H,19,20). The van der Waals surface area contributed by atoms with E-state index in [0.29, 0.717) is 0 Å². The van der Waals surface area contributed by atoms with Crippen molar-refractivity contribution in [1.29, 1.82) is 0 Å². The van der Waals surface area contributed by atoms with Gasteiger partial charge in [-0.05, 0) is 12.1 Å². The molecule has 0 saturated carbocycles. The lowest BCUT2D eigenvalue weighted by molar-refractivity contribution is 0.102. The number of hydrogen-bond donors (Lipinski definition) is 1. The largest absolute Gasteiger partial charge is 0.317 e. The fourth-order valence-electron chi connectivity index (χ4n) is 1.42. The number of carbonyl (C=O) groups is 1. The summed E-state index contributed by atoms with van der Waals surface area (Å²) in [6.45, 7) is 0. The quantitative estimate of drug-likeness (QED) is 0.524. The van der Waals surface area contributed by atoms with Crippen LogP contribution in [0.25, 0.3) is 0 Å². The predicted molar refractivity (Wildman–Crippen MR) is 58.4 cm³/mol. The van der Waals surface area contributed by atoms with Crippen molar-refractivity contribution in [1.82, 2.24) is 4.98 Å². The zero-order valence-corrected chi connectivity index (χ0v) is 9.55. The molecule has 1 amide bonds. The summed E-state index contributed by atoms with van der Waals surface area (Å²) < 4.78 is 65.7. The third-order valence-electron chi connectivity index (χ3n) is 2.35. The summed E-state index contributed by atoms with van der Waals surface area (Å²) in [5, 5.41) is 1.57. The maximum Gasteiger partial charge on any atom is 0.260 e. The molecule has 0 spiro atoms. The first-order chi connectivity index (χ1) is 9.41. The molecule has 0 fully saturated rings. The molecule has 0 aliphatic carbocycles. The molecule has 0 radical (unpaired) electrons. The number of hydrogen-bond acceptors (Lipinski definition) is 2. The van der Waals surface area contributed by atoms with E-state index in [-0.39, 0.29) is 6.07 Å². The number of amides is 1. The van der Waals surface area contributed by atoms with Crippen LogP contribution in [-0.2, 0) is 0 Å². The van der Waals surface area contributed by atoms with E-state index in [9.17, 15) is 26.7 Å². The Morgan fingerprint density at radius 2 is 1.65 bits per heavy atom. The lowest BCUT2D eigenvalue weighted by atomic mass is 10.2. The van der Waals surface area contributed by atoms with Crippen LogP contribution in [0.3, 0.4) is 0 Å². The van der Waals surface area contributed by atoms with Gasteiger partial charge in [0.1, 0.15) is 5.69 Å². The predicted octanol–water partition coefficient (Wildman–Crippen LogP) is 3.03. The van der Waals surface area contributed by atoms with Gasteiger partial charge in [0, 0.05) is 12.3 Å². The van der Waals surface area contributed by atoms with E-state index in [1.165, 1.54) is 6.07 Å². The summed E-state index contributed by atoms with van der Waals surface area (Å²) in [6.07, 6.45) is 1.05. The first-order valence-electron chi connectivity index (χ1n) is 5.16. The van der Waals surface area contributed by atoms with Gasteiger partial charge in [-0.2, -0.15) is 4.39 Å². The molecule has 0 atom stereocenters. The van der Waals surface area contributed by atoms with Crippen LogP contribution in [0, 0.1) is 29.2 Å². The van der Waals surface area contributed by atoms with Crippen LogP contribution in [0.2, 0.25) is 0 Å². The van der Waals surface area contributed by atoms with Crippen LogP contribution < -0.4 is 5.32 Å². The summed E-state index contributed by atoms with van der Waals surface area (Å²) in [5.74, 6) is -9.44. The number of benzene rings is 1. The Kier molecular flexibility index (Phi) is 3.64. The maximum atomic E-state index is 13.3. The second-order valence-corrected chi connectivity index (χ2v) is 3.64. The summed E-state index contributed by atoms with van der Waals surface area (Å²) >= 11 is 0. The van der Waals surface area contributed by atoms with E-state index in [0.717, 1.165) is 12.3 Å². The molecule has 0 aliphatic heterocycles. The second kappa shape index (κ2) is 5.24. The van der Waals surface area contributed by atoms with E-state index >= 15 is 0 Å². The van der Waals surface area contributed by atoms with Crippen LogP contribution in [-0.4, -0.2) is 10.9 Å². The van der Waals surface area contributed by atoms with E-state index in [2.05, 4.69) is 4.98 Å². The van der Waals surface area contributed by atoms with Gasteiger partial charge in [-0.25, -0.2) is 22.5 Å². The van der Waals surface area contributed by atoms with Crippen molar-refractivity contribution >= 4 is 11.6 Å². The van der Waals surface area contributed by atoms with Gasteiger partial charge < -0.3 is 5.32 Å². The van der Waals surface area contributed by atoms with Crippen LogP contribution in [0.5, 0.6) is 0 Å². The molecular formula is C12H5F5N2O. The average Bonchev–Trinajstić information content (AvgIpc) is 2.41. The normalized spacial score (nSPS) is 10.4. The molecule has 1 aromatic heterocycles. The van der Waals surface area contributed by atoms with E-state index in [1.807, 2.05) is 0 Å². The Bertz CT molecular complexity index is 664. The first kappa shape index (κ1) is 13.9. The fourth-order valence-corrected chi connectivity index (χ4v) is 1.42. The van der Waals surface area contributed by atoms with Gasteiger partial charge in [-0.15, -0.1) is 0 Å². The smallest absolute Gasteiger partial charge is 0.260 e. The molecule has 1 aromatic carbocycles. The number of anilines is 1. The highest BCUT2D eigenvalue weighted by molar-refractivity contribution is 6.04. The summed E-state index contributed by atoms with van der Waals surface area (Å²) in [6, 6.07) is 2.19. The first-order valence-corrected chi connectivity index (χ1v) is 5.16. The Labute approximate surface area is 109 Å². The highest BCUT2D eigenvalue weighted by atomic mass is 19.2. The van der Waals surface area contributed by atoms with Crippen molar-refractivity contribution < 1.29 is 26.7 Å². The molecule has 3 nitrogen and oxygen atoms in total. The second-order valence-electron chi connectivity index (χ2n) is 3.64. The van der Waals surface area contributed by atoms with E-state index < -0.39 is 46.4 Å². The maximum absolute atomic E-state index is 13.3. The lowest BCUT2D eigenvalue weighted by Crippen LogP contribution is -2.17. The Morgan fingerprint density at radius 3 is 2.20 bits per heavy atom. The summed E-state index contributed by atoms with van der Waals surface area (Å²) in [4.78, 5) is 14.8.